The molecule has 1 aliphatic carbocycles. The van der Waals surface area contributed by atoms with Gasteiger partial charge in [-0.05, 0) is 25.0 Å². The highest BCUT2D eigenvalue weighted by molar-refractivity contribution is 6.35. The second kappa shape index (κ2) is 4.28. The fraction of sp³-hybridized carbons (Fsp3) is 0.385. The molecule has 0 amide bonds. The molecule has 4 nitrogen and oxygen atoms in total. The fourth-order valence-electron chi connectivity index (χ4n) is 2.21. The first-order chi connectivity index (χ1) is 8.70. The number of ether oxygens (including phenoxy) is 1. The quantitative estimate of drug-likeness (QED) is 0.801. The Morgan fingerprint density at radius 3 is 3.00 bits per heavy atom. The first kappa shape index (κ1) is 11.5. The summed E-state index contributed by atoms with van der Waals surface area (Å²) in [5.74, 6) is 0.468. The lowest BCUT2D eigenvalue weighted by Gasteiger charge is -2.07. The number of imidazole rings is 1. The van der Waals surface area contributed by atoms with Gasteiger partial charge in [0.25, 0.3) is 0 Å². The highest BCUT2D eigenvalue weighted by Gasteiger charge is 2.29. The molecule has 0 unspecified atom stereocenters. The fourth-order valence-corrected chi connectivity index (χ4v) is 2.47. The average Bonchev–Trinajstić information content (AvgIpc) is 3.12. The third kappa shape index (κ3) is 1.86. The molecule has 0 atom stereocenters. The minimum Gasteiger partial charge on any atom is -0.469 e. The monoisotopic (exact) mass is 264 g/mol. The first-order valence-electron chi connectivity index (χ1n) is 5.93. The van der Waals surface area contributed by atoms with Gasteiger partial charge in [-0.2, -0.15) is 0 Å². The third-order valence-electron chi connectivity index (χ3n) is 3.18. The maximum Gasteiger partial charge on any atom is 0.313 e. The first-order valence-corrected chi connectivity index (χ1v) is 6.30. The molecular formula is C13H13ClN2O2. The molecule has 1 heterocycles. The highest BCUT2D eigenvalue weighted by atomic mass is 35.5. The summed E-state index contributed by atoms with van der Waals surface area (Å²) in [6.45, 7) is 0. The molecular weight excluding hydrogens is 252 g/mol. The van der Waals surface area contributed by atoms with Crippen LogP contribution in [0, 0.1) is 0 Å². The van der Waals surface area contributed by atoms with Crippen molar-refractivity contribution in [2.45, 2.75) is 25.3 Å². The van der Waals surface area contributed by atoms with E-state index in [0.717, 1.165) is 29.7 Å². The predicted molar refractivity (Wildman–Crippen MR) is 68.7 cm³/mol. The lowest BCUT2D eigenvalue weighted by molar-refractivity contribution is -0.139. The van der Waals surface area contributed by atoms with Crippen LogP contribution in [0.5, 0.6) is 0 Å². The van der Waals surface area contributed by atoms with Gasteiger partial charge in [0.05, 0.1) is 23.2 Å². The van der Waals surface area contributed by atoms with Crippen LogP contribution in [-0.2, 0) is 16.0 Å². The van der Waals surface area contributed by atoms with Gasteiger partial charge in [0.1, 0.15) is 12.2 Å². The second-order valence-corrected chi connectivity index (χ2v) is 4.90. The smallest absolute Gasteiger partial charge is 0.313 e. The van der Waals surface area contributed by atoms with Crippen molar-refractivity contribution in [2.75, 3.05) is 7.11 Å². The van der Waals surface area contributed by atoms with E-state index in [9.17, 15) is 4.79 Å². The van der Waals surface area contributed by atoms with Gasteiger partial charge in [0, 0.05) is 6.04 Å². The van der Waals surface area contributed by atoms with Gasteiger partial charge >= 0.3 is 5.97 Å². The molecule has 0 bridgehead atoms. The molecule has 0 saturated heterocycles. The van der Waals surface area contributed by atoms with Crippen LogP contribution in [0.1, 0.15) is 24.7 Å². The molecule has 3 rings (SSSR count). The molecule has 18 heavy (non-hydrogen) atoms. The number of carbonyl (C=O) groups excluding carboxylic acids is 1. The summed E-state index contributed by atoms with van der Waals surface area (Å²) in [5.41, 5.74) is 1.77. The normalized spacial score (nSPS) is 15.0. The molecule has 2 aromatic rings. The maximum atomic E-state index is 11.4. The molecule has 1 saturated carbocycles. The van der Waals surface area contributed by atoms with Crippen molar-refractivity contribution < 1.29 is 9.53 Å². The van der Waals surface area contributed by atoms with Gasteiger partial charge in [0.2, 0.25) is 0 Å². The van der Waals surface area contributed by atoms with Crippen molar-refractivity contribution in [3.8, 4) is 0 Å². The molecule has 1 aromatic heterocycles. The van der Waals surface area contributed by atoms with E-state index in [1.54, 1.807) is 0 Å². The zero-order valence-electron chi connectivity index (χ0n) is 10.0. The number of hydrogen-bond acceptors (Lipinski definition) is 3. The number of fused-ring (bicyclic) bond motifs is 1. The molecule has 0 spiro atoms. The molecule has 1 aliphatic rings. The number of halogens is 1. The summed E-state index contributed by atoms with van der Waals surface area (Å²) < 4.78 is 6.80. The summed E-state index contributed by atoms with van der Waals surface area (Å²) in [6.07, 6.45) is 2.42. The van der Waals surface area contributed by atoms with E-state index in [-0.39, 0.29) is 12.4 Å². The van der Waals surface area contributed by atoms with Gasteiger partial charge in [-0.25, -0.2) is 4.98 Å². The average molecular weight is 265 g/mol. The number of rotatable bonds is 3. The second-order valence-electron chi connectivity index (χ2n) is 4.49. The van der Waals surface area contributed by atoms with E-state index in [2.05, 4.69) is 9.55 Å². The summed E-state index contributed by atoms with van der Waals surface area (Å²) in [5, 5.41) is 0.683. The van der Waals surface area contributed by atoms with Gasteiger partial charge in [-0.1, -0.05) is 17.7 Å². The van der Waals surface area contributed by atoms with Crippen LogP contribution in [0.15, 0.2) is 18.2 Å². The van der Waals surface area contributed by atoms with Gasteiger partial charge in [-0.3, -0.25) is 4.79 Å². The number of methoxy groups -OCH3 is 1. The Labute approximate surface area is 110 Å². The van der Waals surface area contributed by atoms with Crippen molar-refractivity contribution >= 4 is 28.6 Å². The van der Waals surface area contributed by atoms with Crippen LogP contribution in [0.2, 0.25) is 5.02 Å². The number of carbonyl (C=O) groups is 1. The number of hydrogen-bond donors (Lipinski definition) is 0. The van der Waals surface area contributed by atoms with Crippen LogP contribution in [0.25, 0.3) is 11.0 Å². The van der Waals surface area contributed by atoms with Crippen LogP contribution in [0.3, 0.4) is 0 Å². The van der Waals surface area contributed by atoms with Crippen molar-refractivity contribution in [3.05, 3.63) is 29.0 Å². The number of aromatic nitrogens is 2. The Bertz CT molecular complexity index is 617. The molecule has 5 heteroatoms. The van der Waals surface area contributed by atoms with Crippen molar-refractivity contribution in [1.82, 2.24) is 9.55 Å². The van der Waals surface area contributed by atoms with Gasteiger partial charge in [-0.15, -0.1) is 0 Å². The van der Waals surface area contributed by atoms with Crippen molar-refractivity contribution in [1.29, 1.82) is 0 Å². The summed E-state index contributed by atoms with van der Waals surface area (Å²) in [6, 6.07) is 6.07. The Balaban J connectivity index is 2.15. The molecule has 0 aliphatic heterocycles. The summed E-state index contributed by atoms with van der Waals surface area (Å²) in [7, 11) is 1.39. The van der Waals surface area contributed by atoms with E-state index in [1.165, 1.54) is 7.11 Å². The largest absolute Gasteiger partial charge is 0.469 e. The number of esters is 1. The van der Waals surface area contributed by atoms with E-state index in [1.807, 2.05) is 18.2 Å². The Morgan fingerprint density at radius 1 is 1.56 bits per heavy atom. The summed E-state index contributed by atoms with van der Waals surface area (Å²) in [4.78, 5) is 15.9. The van der Waals surface area contributed by atoms with Crippen molar-refractivity contribution in [3.63, 3.8) is 0 Å². The lowest BCUT2D eigenvalue weighted by atomic mass is 10.3. The predicted octanol–water partition coefficient (Wildman–Crippen LogP) is 2.74. The lowest BCUT2D eigenvalue weighted by Crippen LogP contribution is -2.10. The van der Waals surface area contributed by atoms with E-state index in [0.29, 0.717) is 11.1 Å². The molecule has 1 fully saturated rings. The van der Waals surface area contributed by atoms with E-state index >= 15 is 0 Å². The van der Waals surface area contributed by atoms with Crippen LogP contribution in [-0.4, -0.2) is 22.6 Å². The molecule has 94 valence electrons. The van der Waals surface area contributed by atoms with Crippen molar-refractivity contribution in [2.24, 2.45) is 0 Å². The van der Waals surface area contributed by atoms with E-state index < -0.39 is 0 Å². The molecule has 0 radical (unpaired) electrons. The minimum atomic E-state index is -0.275. The third-order valence-corrected chi connectivity index (χ3v) is 3.48. The highest BCUT2D eigenvalue weighted by Crippen LogP contribution is 2.40. The molecule has 0 N–H and O–H groups in total. The van der Waals surface area contributed by atoms with Crippen LogP contribution < -0.4 is 0 Å². The zero-order valence-corrected chi connectivity index (χ0v) is 10.8. The molecule has 1 aromatic carbocycles. The van der Waals surface area contributed by atoms with E-state index in [4.69, 9.17) is 16.3 Å². The zero-order chi connectivity index (χ0) is 12.7. The van der Waals surface area contributed by atoms with Crippen LogP contribution >= 0.6 is 11.6 Å². The number of para-hydroxylation sites is 1. The number of benzene rings is 1. The number of nitrogens with zero attached hydrogens (tertiary/aromatic N) is 2. The Kier molecular flexibility index (Phi) is 2.74. The topological polar surface area (TPSA) is 44.1 Å². The standard InChI is InChI=1S/C13H13ClN2O2/c1-18-12(17)7-11-15-10-4-2-3-9(14)13(10)16(11)8-5-6-8/h2-4,8H,5-7H2,1H3. The Morgan fingerprint density at radius 2 is 2.33 bits per heavy atom. The SMILES string of the molecule is COC(=O)Cc1nc2cccc(Cl)c2n1C1CC1. The van der Waals surface area contributed by atoms with Crippen LogP contribution in [0.4, 0.5) is 0 Å². The minimum absolute atomic E-state index is 0.192. The summed E-state index contributed by atoms with van der Waals surface area (Å²) >= 11 is 6.24. The Hall–Kier alpha value is -1.55. The van der Waals surface area contributed by atoms with Gasteiger partial charge in [0.15, 0.2) is 0 Å². The maximum absolute atomic E-state index is 11.4. The van der Waals surface area contributed by atoms with Gasteiger partial charge < -0.3 is 9.30 Å².